The summed E-state index contributed by atoms with van der Waals surface area (Å²) in [5.41, 5.74) is 0. The average Bonchev–Trinajstić information content (AvgIpc) is 2.17. The van der Waals surface area contributed by atoms with Crippen LogP contribution in [0.2, 0.25) is 0 Å². The number of rotatable bonds is 9. The molecule has 0 fully saturated rings. The number of terminal acetylenes is 1. The molecule has 0 bridgehead atoms. The topological polar surface area (TPSA) is 52.6 Å². The van der Waals surface area contributed by atoms with E-state index in [0.29, 0.717) is 6.42 Å². The lowest BCUT2D eigenvalue weighted by molar-refractivity contribution is 0.127. The first-order chi connectivity index (χ1) is 7.12. The van der Waals surface area contributed by atoms with E-state index in [-0.39, 0.29) is 25.6 Å². The Morgan fingerprint density at radius 1 is 1.27 bits per heavy atom. The summed E-state index contributed by atoms with van der Waals surface area (Å²) in [6.45, 7) is 2.44. The lowest BCUT2D eigenvalue weighted by Crippen LogP contribution is -2.14. The van der Waals surface area contributed by atoms with Crippen molar-refractivity contribution in [2.75, 3.05) is 25.6 Å². The third kappa shape index (κ3) is 9.73. The van der Waals surface area contributed by atoms with E-state index in [2.05, 4.69) is 5.92 Å². The first-order valence-corrected chi connectivity index (χ1v) is 6.58. The molecule has 5 heteroatoms. The van der Waals surface area contributed by atoms with E-state index in [1.54, 1.807) is 0 Å². The third-order valence-corrected chi connectivity index (χ3v) is 2.99. The molecule has 0 saturated carbocycles. The first kappa shape index (κ1) is 14.4. The van der Waals surface area contributed by atoms with Crippen LogP contribution in [0, 0.1) is 12.3 Å². The van der Waals surface area contributed by atoms with E-state index in [1.165, 1.54) is 0 Å². The minimum atomic E-state index is -3.37. The van der Waals surface area contributed by atoms with E-state index in [9.17, 15) is 8.42 Å². The highest BCUT2D eigenvalue weighted by Gasteiger charge is 2.09. The molecule has 0 radical (unpaired) electrons. The van der Waals surface area contributed by atoms with Gasteiger partial charge in [-0.1, -0.05) is 25.7 Å². The molecule has 0 aromatic heterocycles. The van der Waals surface area contributed by atoms with Gasteiger partial charge in [-0.05, 0) is 6.42 Å². The maximum absolute atomic E-state index is 11.2. The van der Waals surface area contributed by atoms with Crippen molar-refractivity contribution in [3.8, 4) is 12.3 Å². The Hall–Kier alpha value is -0.570. The second kappa shape index (κ2) is 8.72. The summed E-state index contributed by atoms with van der Waals surface area (Å²) in [7, 11) is -3.37. The molecule has 0 N–H and O–H groups in total. The van der Waals surface area contributed by atoms with Gasteiger partial charge in [-0.3, -0.25) is 4.18 Å². The molecule has 0 saturated heterocycles. The zero-order valence-corrected chi connectivity index (χ0v) is 9.88. The Balaban J connectivity index is 3.53. The van der Waals surface area contributed by atoms with E-state index in [0.717, 1.165) is 12.8 Å². The number of hydrogen-bond acceptors (Lipinski definition) is 4. The van der Waals surface area contributed by atoms with Gasteiger partial charge >= 0.3 is 0 Å². The van der Waals surface area contributed by atoms with Gasteiger partial charge in [-0.25, -0.2) is 0 Å². The lowest BCUT2D eigenvalue weighted by Gasteiger charge is -2.04. The maximum atomic E-state index is 11.2. The van der Waals surface area contributed by atoms with Crippen LogP contribution in [0.3, 0.4) is 0 Å². The van der Waals surface area contributed by atoms with Crippen molar-refractivity contribution in [3.63, 3.8) is 0 Å². The third-order valence-electron chi connectivity index (χ3n) is 1.67. The van der Waals surface area contributed by atoms with Crippen molar-refractivity contribution in [2.24, 2.45) is 0 Å². The van der Waals surface area contributed by atoms with Crippen LogP contribution in [0.5, 0.6) is 0 Å². The molecular weight excluding hydrogens is 216 g/mol. The van der Waals surface area contributed by atoms with E-state index >= 15 is 0 Å². The van der Waals surface area contributed by atoms with Gasteiger partial charge in [0, 0.05) is 0 Å². The largest absolute Gasteiger partial charge is 0.366 e. The second-order valence-electron chi connectivity index (χ2n) is 3.05. The van der Waals surface area contributed by atoms with Crippen LogP contribution in [0.1, 0.15) is 26.2 Å². The van der Waals surface area contributed by atoms with Crippen molar-refractivity contribution >= 4 is 10.1 Å². The van der Waals surface area contributed by atoms with Crippen molar-refractivity contribution in [1.29, 1.82) is 0 Å². The molecule has 88 valence electrons. The highest BCUT2D eigenvalue weighted by molar-refractivity contribution is 7.86. The molecule has 0 heterocycles. The Labute approximate surface area is 92.1 Å². The summed E-state index contributed by atoms with van der Waals surface area (Å²) >= 11 is 0. The fraction of sp³-hybridized carbons (Fsp3) is 0.800. The molecule has 0 aromatic carbocycles. The SMILES string of the molecule is C#CCOCCOS(=O)(=O)CCCCC. The zero-order chi connectivity index (χ0) is 11.6. The Morgan fingerprint density at radius 2 is 2.00 bits per heavy atom. The van der Waals surface area contributed by atoms with Crippen LogP contribution in [-0.4, -0.2) is 34.0 Å². The van der Waals surface area contributed by atoms with Crippen LogP contribution in [-0.2, 0) is 19.0 Å². The minimum absolute atomic E-state index is 0.0378. The van der Waals surface area contributed by atoms with Gasteiger partial charge in [0.2, 0.25) is 0 Å². The average molecular weight is 234 g/mol. The number of hydrogen-bond donors (Lipinski definition) is 0. The molecule has 0 spiro atoms. The van der Waals surface area contributed by atoms with Crippen molar-refractivity contribution in [1.82, 2.24) is 0 Å². The molecular formula is C10H18O4S. The molecule has 0 amide bonds. The second-order valence-corrected chi connectivity index (χ2v) is 4.81. The minimum Gasteiger partial charge on any atom is -0.366 e. The molecule has 0 aromatic rings. The Kier molecular flexibility index (Phi) is 8.38. The van der Waals surface area contributed by atoms with Crippen LogP contribution in [0.4, 0.5) is 0 Å². The Bertz CT molecular complexity index is 276. The first-order valence-electron chi connectivity index (χ1n) is 5.00. The molecule has 0 aliphatic heterocycles. The zero-order valence-electron chi connectivity index (χ0n) is 9.07. The molecule has 0 aliphatic rings. The normalized spacial score (nSPS) is 11.2. The highest BCUT2D eigenvalue weighted by atomic mass is 32.2. The van der Waals surface area contributed by atoms with E-state index in [1.807, 2.05) is 6.92 Å². The van der Waals surface area contributed by atoms with Gasteiger partial charge in [0.25, 0.3) is 10.1 Å². The highest BCUT2D eigenvalue weighted by Crippen LogP contribution is 2.01. The van der Waals surface area contributed by atoms with Crippen LogP contribution < -0.4 is 0 Å². The lowest BCUT2D eigenvalue weighted by atomic mass is 10.3. The quantitative estimate of drug-likeness (QED) is 0.341. The molecule has 15 heavy (non-hydrogen) atoms. The monoisotopic (exact) mass is 234 g/mol. The molecule has 0 unspecified atom stereocenters. The number of ether oxygens (including phenoxy) is 1. The smallest absolute Gasteiger partial charge is 0.267 e. The van der Waals surface area contributed by atoms with Gasteiger partial charge in [0.05, 0.1) is 19.0 Å². The van der Waals surface area contributed by atoms with Gasteiger partial charge in [0.15, 0.2) is 0 Å². The molecule has 0 aliphatic carbocycles. The van der Waals surface area contributed by atoms with Crippen LogP contribution in [0.25, 0.3) is 0 Å². The van der Waals surface area contributed by atoms with Crippen LogP contribution in [0.15, 0.2) is 0 Å². The van der Waals surface area contributed by atoms with Gasteiger partial charge in [-0.2, -0.15) is 8.42 Å². The summed E-state index contributed by atoms with van der Waals surface area (Å²) in [5.74, 6) is 2.36. The summed E-state index contributed by atoms with van der Waals surface area (Å²) in [5, 5.41) is 0. The van der Waals surface area contributed by atoms with Gasteiger partial charge in [0.1, 0.15) is 6.61 Å². The molecule has 0 rings (SSSR count). The van der Waals surface area contributed by atoms with E-state index < -0.39 is 10.1 Å². The number of unbranched alkanes of at least 4 members (excludes halogenated alkanes) is 2. The summed E-state index contributed by atoms with van der Waals surface area (Å²) < 4.78 is 32.0. The maximum Gasteiger partial charge on any atom is 0.267 e. The molecule has 4 nitrogen and oxygen atoms in total. The predicted molar refractivity (Wildman–Crippen MR) is 58.9 cm³/mol. The summed E-state index contributed by atoms with van der Waals surface area (Å²) in [6, 6.07) is 0. The predicted octanol–water partition coefficient (Wildman–Crippen LogP) is 1.17. The Morgan fingerprint density at radius 3 is 2.60 bits per heavy atom. The van der Waals surface area contributed by atoms with Crippen LogP contribution >= 0.6 is 0 Å². The molecule has 0 atom stereocenters. The summed E-state index contributed by atoms with van der Waals surface area (Å²) in [6.07, 6.45) is 7.47. The van der Waals surface area contributed by atoms with Crippen molar-refractivity contribution < 1.29 is 17.3 Å². The standard InChI is InChI=1S/C10H18O4S/c1-3-5-6-10-15(11,12)14-9-8-13-7-4-2/h2H,3,5-10H2,1H3. The van der Waals surface area contributed by atoms with E-state index in [4.69, 9.17) is 15.3 Å². The van der Waals surface area contributed by atoms with Gasteiger partial charge in [-0.15, -0.1) is 6.42 Å². The van der Waals surface area contributed by atoms with Gasteiger partial charge < -0.3 is 4.74 Å². The fourth-order valence-electron chi connectivity index (χ4n) is 0.939. The fourth-order valence-corrected chi connectivity index (χ4v) is 1.94. The van der Waals surface area contributed by atoms with Crippen molar-refractivity contribution in [3.05, 3.63) is 0 Å². The summed E-state index contributed by atoms with van der Waals surface area (Å²) in [4.78, 5) is 0. The van der Waals surface area contributed by atoms with Crippen molar-refractivity contribution in [2.45, 2.75) is 26.2 Å².